The monoisotopic (exact) mass is 292 g/mol. The van der Waals surface area contributed by atoms with Gasteiger partial charge in [-0.25, -0.2) is 4.79 Å². The van der Waals surface area contributed by atoms with Gasteiger partial charge < -0.3 is 15.7 Å². The second-order valence-corrected chi connectivity index (χ2v) is 7.53. The van der Waals surface area contributed by atoms with Crippen LogP contribution in [-0.2, 0) is 4.79 Å². The van der Waals surface area contributed by atoms with E-state index in [4.69, 9.17) is 5.11 Å². The number of hydrogen-bond acceptors (Lipinski definition) is 2. The number of carboxylic acid groups (broad SMARTS) is 1. The van der Waals surface area contributed by atoms with Gasteiger partial charge in [0.1, 0.15) is 0 Å². The molecule has 0 radical (unpaired) electrons. The zero-order chi connectivity index (χ0) is 14.6. The van der Waals surface area contributed by atoms with Crippen molar-refractivity contribution in [2.75, 3.05) is 0 Å². The third-order valence-corrected chi connectivity index (χ3v) is 6.39. The summed E-state index contributed by atoms with van der Waals surface area (Å²) in [4.78, 5) is 23.2. The van der Waals surface area contributed by atoms with E-state index < -0.39 is 5.97 Å². The number of amides is 2. The summed E-state index contributed by atoms with van der Waals surface area (Å²) in [6.07, 6.45) is 7.21. The smallest absolute Gasteiger partial charge is 0.315 e. The summed E-state index contributed by atoms with van der Waals surface area (Å²) >= 11 is 0. The van der Waals surface area contributed by atoms with Crippen LogP contribution in [0.2, 0.25) is 0 Å². The quantitative estimate of drug-likeness (QED) is 0.744. The topological polar surface area (TPSA) is 78.4 Å². The predicted octanol–water partition coefficient (Wildman–Crippen LogP) is 1.97. The Balaban J connectivity index is 1.26. The minimum Gasteiger partial charge on any atom is -0.481 e. The molecule has 2 amide bonds. The van der Waals surface area contributed by atoms with Gasteiger partial charge in [-0.15, -0.1) is 0 Å². The summed E-state index contributed by atoms with van der Waals surface area (Å²) in [6.45, 7) is 0. The molecule has 6 atom stereocenters. The molecular weight excluding hydrogens is 268 g/mol. The summed E-state index contributed by atoms with van der Waals surface area (Å²) < 4.78 is 0. The lowest BCUT2D eigenvalue weighted by Gasteiger charge is -2.27. The third kappa shape index (κ3) is 2.30. The van der Waals surface area contributed by atoms with E-state index in [1.807, 2.05) is 0 Å². The van der Waals surface area contributed by atoms with Crippen LogP contribution in [0.25, 0.3) is 0 Å². The molecule has 21 heavy (non-hydrogen) atoms. The standard InChI is InChI=1S/C16H24N2O3/c19-15(20)10-2-1-3-11(7-10)17-16(21)18-14-12-8-4-5-9(6-8)13(12)14/h8-14H,1-7H2,(H,19,20)(H2,17,18,21). The summed E-state index contributed by atoms with van der Waals surface area (Å²) in [5.41, 5.74) is 0. The molecule has 4 rings (SSSR count). The highest BCUT2D eigenvalue weighted by Crippen LogP contribution is 2.65. The molecule has 4 fully saturated rings. The van der Waals surface area contributed by atoms with E-state index in [2.05, 4.69) is 10.6 Å². The molecule has 0 heterocycles. The molecule has 3 N–H and O–H groups in total. The highest BCUT2D eigenvalue weighted by molar-refractivity contribution is 5.75. The van der Waals surface area contributed by atoms with E-state index in [1.54, 1.807) is 0 Å². The maximum absolute atomic E-state index is 12.1. The molecule has 0 spiro atoms. The Labute approximate surface area is 124 Å². The molecule has 5 heteroatoms. The number of fused-ring (bicyclic) bond motifs is 5. The summed E-state index contributed by atoms with van der Waals surface area (Å²) in [5.74, 6) is 2.18. The predicted molar refractivity (Wildman–Crippen MR) is 76.6 cm³/mol. The van der Waals surface area contributed by atoms with Crippen molar-refractivity contribution in [1.82, 2.24) is 10.6 Å². The zero-order valence-electron chi connectivity index (χ0n) is 12.3. The van der Waals surface area contributed by atoms with Crippen LogP contribution in [0, 0.1) is 29.6 Å². The van der Waals surface area contributed by atoms with Gasteiger partial charge in [-0.2, -0.15) is 0 Å². The number of carbonyl (C=O) groups is 2. The molecule has 4 aliphatic rings. The van der Waals surface area contributed by atoms with Crippen molar-refractivity contribution in [2.45, 2.75) is 57.0 Å². The number of nitrogens with one attached hydrogen (secondary N) is 2. The van der Waals surface area contributed by atoms with Gasteiger partial charge in [-0.1, -0.05) is 6.42 Å². The van der Waals surface area contributed by atoms with Crippen molar-refractivity contribution in [1.29, 1.82) is 0 Å². The Morgan fingerprint density at radius 3 is 2.29 bits per heavy atom. The van der Waals surface area contributed by atoms with Gasteiger partial charge in [0.2, 0.25) is 0 Å². The largest absolute Gasteiger partial charge is 0.481 e. The number of carbonyl (C=O) groups excluding carboxylic acids is 1. The van der Waals surface area contributed by atoms with E-state index in [9.17, 15) is 9.59 Å². The first-order valence-electron chi connectivity index (χ1n) is 8.43. The van der Waals surface area contributed by atoms with Gasteiger partial charge >= 0.3 is 12.0 Å². The van der Waals surface area contributed by atoms with Gasteiger partial charge in [0.15, 0.2) is 0 Å². The van der Waals surface area contributed by atoms with Gasteiger partial charge in [-0.3, -0.25) is 4.79 Å². The van der Waals surface area contributed by atoms with Crippen LogP contribution in [0.4, 0.5) is 4.79 Å². The van der Waals surface area contributed by atoms with Crippen molar-refractivity contribution < 1.29 is 14.7 Å². The molecule has 2 bridgehead atoms. The Hall–Kier alpha value is -1.26. The number of aliphatic carboxylic acids is 1. The van der Waals surface area contributed by atoms with E-state index >= 15 is 0 Å². The molecular formula is C16H24N2O3. The van der Waals surface area contributed by atoms with Crippen LogP contribution < -0.4 is 10.6 Å². The number of rotatable bonds is 3. The second kappa shape index (κ2) is 4.89. The molecule has 5 nitrogen and oxygen atoms in total. The normalized spacial score (nSPS) is 46.8. The first-order chi connectivity index (χ1) is 10.1. The molecule has 0 aromatic heterocycles. The fourth-order valence-corrected chi connectivity index (χ4v) is 5.44. The summed E-state index contributed by atoms with van der Waals surface area (Å²) in [6, 6.07) is 0.343. The number of urea groups is 1. The number of carboxylic acids is 1. The van der Waals surface area contributed by atoms with Crippen LogP contribution in [0.1, 0.15) is 44.9 Å². The highest BCUT2D eigenvalue weighted by Gasteiger charge is 2.65. The SMILES string of the molecule is O=C(NC1CCCC(C(=O)O)C1)NC1C2C3CCC(C3)C12. The van der Waals surface area contributed by atoms with Crippen molar-refractivity contribution in [3.63, 3.8) is 0 Å². The van der Waals surface area contributed by atoms with E-state index in [0.717, 1.165) is 42.9 Å². The van der Waals surface area contributed by atoms with Crippen LogP contribution in [0.15, 0.2) is 0 Å². The maximum atomic E-state index is 12.1. The van der Waals surface area contributed by atoms with Gasteiger partial charge in [0.25, 0.3) is 0 Å². The Kier molecular flexibility index (Phi) is 3.12. The highest BCUT2D eigenvalue weighted by atomic mass is 16.4. The second-order valence-electron chi connectivity index (χ2n) is 7.53. The zero-order valence-corrected chi connectivity index (χ0v) is 12.3. The van der Waals surface area contributed by atoms with Crippen LogP contribution >= 0.6 is 0 Å². The van der Waals surface area contributed by atoms with Crippen molar-refractivity contribution in [3.05, 3.63) is 0 Å². The Morgan fingerprint density at radius 2 is 1.62 bits per heavy atom. The third-order valence-electron chi connectivity index (χ3n) is 6.39. The van der Waals surface area contributed by atoms with Crippen LogP contribution in [0.5, 0.6) is 0 Å². The summed E-state index contributed by atoms with van der Waals surface area (Å²) in [7, 11) is 0. The summed E-state index contributed by atoms with van der Waals surface area (Å²) in [5, 5.41) is 15.2. The maximum Gasteiger partial charge on any atom is 0.315 e. The average Bonchev–Trinajstić information content (AvgIpc) is 2.84. The van der Waals surface area contributed by atoms with Crippen molar-refractivity contribution in [2.24, 2.45) is 29.6 Å². The van der Waals surface area contributed by atoms with Gasteiger partial charge in [0, 0.05) is 12.1 Å². The van der Waals surface area contributed by atoms with E-state index in [0.29, 0.717) is 12.5 Å². The van der Waals surface area contributed by atoms with Crippen LogP contribution in [0.3, 0.4) is 0 Å². The van der Waals surface area contributed by atoms with Gasteiger partial charge in [-0.05, 0) is 62.2 Å². The van der Waals surface area contributed by atoms with E-state index in [1.165, 1.54) is 19.3 Å². The molecule has 0 aliphatic heterocycles. The molecule has 0 aromatic carbocycles. The van der Waals surface area contributed by atoms with Crippen LogP contribution in [-0.4, -0.2) is 29.2 Å². The van der Waals surface area contributed by atoms with Crippen molar-refractivity contribution in [3.8, 4) is 0 Å². The lowest BCUT2D eigenvalue weighted by atomic mass is 9.86. The molecule has 0 saturated heterocycles. The first kappa shape index (κ1) is 13.4. The lowest BCUT2D eigenvalue weighted by Crippen LogP contribution is -2.46. The average molecular weight is 292 g/mol. The Morgan fingerprint density at radius 1 is 0.905 bits per heavy atom. The van der Waals surface area contributed by atoms with Gasteiger partial charge in [0.05, 0.1) is 5.92 Å². The minimum absolute atomic E-state index is 0.0233. The Bertz CT molecular complexity index is 450. The fourth-order valence-electron chi connectivity index (χ4n) is 5.44. The fraction of sp³-hybridized carbons (Fsp3) is 0.875. The lowest BCUT2D eigenvalue weighted by molar-refractivity contribution is -0.143. The molecule has 0 aromatic rings. The molecule has 4 saturated carbocycles. The van der Waals surface area contributed by atoms with Crippen molar-refractivity contribution >= 4 is 12.0 Å². The van der Waals surface area contributed by atoms with E-state index in [-0.39, 0.29) is 18.0 Å². The minimum atomic E-state index is -0.727. The first-order valence-corrected chi connectivity index (χ1v) is 8.43. The molecule has 4 aliphatic carbocycles. The molecule has 6 unspecified atom stereocenters. The molecule has 116 valence electrons. The number of hydrogen-bond donors (Lipinski definition) is 3.